The first-order valence-electron chi connectivity index (χ1n) is 6.12. The van der Waals surface area contributed by atoms with Gasteiger partial charge in [0.2, 0.25) is 0 Å². The molecule has 0 saturated heterocycles. The van der Waals surface area contributed by atoms with Crippen molar-refractivity contribution in [2.24, 2.45) is 0 Å². The van der Waals surface area contributed by atoms with E-state index in [1.54, 1.807) is 12.1 Å². The zero-order valence-corrected chi connectivity index (χ0v) is 12.5. The molecule has 0 aliphatic heterocycles. The molecule has 0 aromatic heterocycles. The van der Waals surface area contributed by atoms with Crippen molar-refractivity contribution in [3.05, 3.63) is 52.3 Å². The highest BCUT2D eigenvalue weighted by Gasteiger charge is 2.15. The highest BCUT2D eigenvalue weighted by Crippen LogP contribution is 2.35. The van der Waals surface area contributed by atoms with E-state index in [0.29, 0.717) is 12.2 Å². The van der Waals surface area contributed by atoms with Crippen molar-refractivity contribution in [2.45, 2.75) is 13.8 Å². The first-order chi connectivity index (χ1) is 9.04. The van der Waals surface area contributed by atoms with Gasteiger partial charge in [-0.2, -0.15) is 0 Å². The molecule has 2 rings (SSSR count). The van der Waals surface area contributed by atoms with Gasteiger partial charge in [-0.1, -0.05) is 12.1 Å². The fourth-order valence-corrected chi connectivity index (χ4v) is 2.60. The smallest absolute Gasteiger partial charge is 0.146 e. The van der Waals surface area contributed by atoms with E-state index in [-0.39, 0.29) is 5.82 Å². The van der Waals surface area contributed by atoms with Crippen molar-refractivity contribution >= 4 is 33.0 Å². The van der Waals surface area contributed by atoms with Crippen molar-refractivity contribution in [2.75, 3.05) is 17.2 Å². The quantitative estimate of drug-likeness (QED) is 0.834. The molecule has 0 fully saturated rings. The van der Waals surface area contributed by atoms with Crippen LogP contribution in [-0.2, 0) is 0 Å². The fourth-order valence-electron chi connectivity index (χ4n) is 2.03. The van der Waals surface area contributed by atoms with Gasteiger partial charge in [-0.25, -0.2) is 4.39 Å². The van der Waals surface area contributed by atoms with Gasteiger partial charge in [-0.15, -0.1) is 0 Å². The van der Waals surface area contributed by atoms with Crippen LogP contribution in [0.4, 0.5) is 21.5 Å². The van der Waals surface area contributed by atoms with Crippen LogP contribution in [0.25, 0.3) is 0 Å². The second kappa shape index (κ2) is 5.61. The molecule has 19 heavy (non-hydrogen) atoms. The number of hydrogen-bond donors (Lipinski definition) is 1. The van der Waals surface area contributed by atoms with Gasteiger partial charge in [-0.05, 0) is 59.6 Å². The Kier molecular flexibility index (Phi) is 4.10. The molecule has 0 heterocycles. The summed E-state index contributed by atoms with van der Waals surface area (Å²) in [7, 11) is 0. The molecule has 2 aromatic rings. The molecule has 0 unspecified atom stereocenters. The maximum Gasteiger partial charge on any atom is 0.146 e. The standard InChI is InChI=1S/C15H16BrFN2/c1-3-19(14-7-5-4-6-12(14)17)15-8-10(2)13(18)9-11(15)16/h4-9H,3,18H2,1-2H3. The van der Waals surface area contributed by atoms with Gasteiger partial charge in [0.1, 0.15) is 5.82 Å². The van der Waals surface area contributed by atoms with Crippen LogP contribution >= 0.6 is 15.9 Å². The molecule has 100 valence electrons. The number of nitrogens with zero attached hydrogens (tertiary/aromatic N) is 1. The topological polar surface area (TPSA) is 29.3 Å². The normalized spacial score (nSPS) is 10.5. The maximum absolute atomic E-state index is 13.9. The van der Waals surface area contributed by atoms with Crippen LogP contribution in [0.2, 0.25) is 0 Å². The van der Waals surface area contributed by atoms with E-state index in [1.165, 1.54) is 6.07 Å². The van der Waals surface area contributed by atoms with Gasteiger partial charge in [-0.3, -0.25) is 0 Å². The highest BCUT2D eigenvalue weighted by atomic mass is 79.9. The number of benzene rings is 2. The third kappa shape index (κ3) is 2.73. The van der Waals surface area contributed by atoms with Gasteiger partial charge in [0.25, 0.3) is 0 Å². The molecular formula is C15H16BrFN2. The SMILES string of the molecule is CCN(c1ccccc1F)c1cc(C)c(N)cc1Br. The van der Waals surface area contributed by atoms with E-state index in [1.807, 2.05) is 36.9 Å². The Morgan fingerprint density at radius 3 is 2.53 bits per heavy atom. The van der Waals surface area contributed by atoms with Crippen LogP contribution in [0.15, 0.2) is 40.9 Å². The molecule has 0 amide bonds. The average Bonchev–Trinajstić information content (AvgIpc) is 2.38. The highest BCUT2D eigenvalue weighted by molar-refractivity contribution is 9.10. The molecule has 0 spiro atoms. The Morgan fingerprint density at radius 1 is 1.21 bits per heavy atom. The lowest BCUT2D eigenvalue weighted by molar-refractivity contribution is 0.625. The molecule has 0 aliphatic carbocycles. The van der Waals surface area contributed by atoms with Crippen molar-refractivity contribution in [1.82, 2.24) is 0 Å². The number of nitrogen functional groups attached to an aromatic ring is 1. The number of aryl methyl sites for hydroxylation is 1. The van der Waals surface area contributed by atoms with Crippen molar-refractivity contribution in [3.8, 4) is 0 Å². The molecule has 0 aliphatic rings. The lowest BCUT2D eigenvalue weighted by Gasteiger charge is -2.25. The first-order valence-corrected chi connectivity index (χ1v) is 6.91. The minimum absolute atomic E-state index is 0.231. The molecule has 2 N–H and O–H groups in total. The lowest BCUT2D eigenvalue weighted by Crippen LogP contribution is -2.18. The van der Waals surface area contributed by atoms with E-state index < -0.39 is 0 Å². The van der Waals surface area contributed by atoms with Crippen LogP contribution in [0.1, 0.15) is 12.5 Å². The van der Waals surface area contributed by atoms with Crippen LogP contribution < -0.4 is 10.6 Å². The van der Waals surface area contributed by atoms with Gasteiger partial charge in [0.15, 0.2) is 0 Å². The second-order valence-electron chi connectivity index (χ2n) is 4.36. The third-order valence-corrected chi connectivity index (χ3v) is 3.72. The average molecular weight is 323 g/mol. The van der Waals surface area contributed by atoms with E-state index >= 15 is 0 Å². The number of anilines is 3. The van der Waals surface area contributed by atoms with E-state index in [4.69, 9.17) is 5.73 Å². The Morgan fingerprint density at radius 2 is 1.89 bits per heavy atom. The van der Waals surface area contributed by atoms with Gasteiger partial charge in [0.05, 0.1) is 11.4 Å². The predicted octanol–water partition coefficient (Wildman–Crippen LogP) is 4.64. The Bertz CT molecular complexity index is 599. The molecule has 4 heteroatoms. The summed E-state index contributed by atoms with van der Waals surface area (Å²) in [5.41, 5.74) is 9.06. The van der Waals surface area contributed by atoms with Gasteiger partial charge in [0, 0.05) is 16.7 Å². The summed E-state index contributed by atoms with van der Waals surface area (Å²) in [6, 6.07) is 10.6. The Hall–Kier alpha value is -1.55. The van der Waals surface area contributed by atoms with E-state index in [0.717, 1.165) is 21.4 Å². The molecule has 2 aromatic carbocycles. The fraction of sp³-hybridized carbons (Fsp3) is 0.200. The minimum Gasteiger partial charge on any atom is -0.398 e. The summed E-state index contributed by atoms with van der Waals surface area (Å²) in [5, 5.41) is 0. The Labute approximate surface area is 121 Å². The van der Waals surface area contributed by atoms with E-state index in [9.17, 15) is 4.39 Å². The van der Waals surface area contributed by atoms with Crippen LogP contribution in [0.5, 0.6) is 0 Å². The minimum atomic E-state index is -0.231. The number of hydrogen-bond acceptors (Lipinski definition) is 2. The number of halogens is 2. The number of para-hydroxylation sites is 1. The summed E-state index contributed by atoms with van der Waals surface area (Å²) >= 11 is 3.50. The molecule has 0 radical (unpaired) electrons. The molecule has 2 nitrogen and oxygen atoms in total. The van der Waals surface area contributed by atoms with Crippen LogP contribution in [0.3, 0.4) is 0 Å². The lowest BCUT2D eigenvalue weighted by atomic mass is 10.1. The number of nitrogens with two attached hydrogens (primary N) is 1. The summed E-state index contributed by atoms with van der Waals surface area (Å²) in [6.07, 6.45) is 0. The molecule has 0 saturated carbocycles. The van der Waals surface area contributed by atoms with E-state index in [2.05, 4.69) is 15.9 Å². The monoisotopic (exact) mass is 322 g/mol. The Balaban J connectivity index is 2.55. The first kappa shape index (κ1) is 13.9. The number of rotatable bonds is 3. The zero-order chi connectivity index (χ0) is 14.0. The maximum atomic E-state index is 13.9. The van der Waals surface area contributed by atoms with Crippen LogP contribution in [0, 0.1) is 12.7 Å². The summed E-state index contributed by atoms with van der Waals surface area (Å²) < 4.78 is 14.8. The molecule has 0 bridgehead atoms. The van der Waals surface area contributed by atoms with Gasteiger partial charge >= 0.3 is 0 Å². The summed E-state index contributed by atoms with van der Waals surface area (Å²) in [4.78, 5) is 1.92. The zero-order valence-electron chi connectivity index (χ0n) is 11.0. The summed E-state index contributed by atoms with van der Waals surface area (Å²) in [5.74, 6) is -0.231. The largest absolute Gasteiger partial charge is 0.398 e. The third-order valence-electron chi connectivity index (χ3n) is 3.09. The van der Waals surface area contributed by atoms with Crippen molar-refractivity contribution < 1.29 is 4.39 Å². The second-order valence-corrected chi connectivity index (χ2v) is 5.21. The molecular weight excluding hydrogens is 307 g/mol. The van der Waals surface area contributed by atoms with Crippen molar-refractivity contribution in [3.63, 3.8) is 0 Å². The van der Waals surface area contributed by atoms with Crippen molar-refractivity contribution in [1.29, 1.82) is 0 Å². The predicted molar refractivity (Wildman–Crippen MR) is 82.4 cm³/mol. The molecule has 0 atom stereocenters. The summed E-state index contributed by atoms with van der Waals surface area (Å²) in [6.45, 7) is 4.61. The van der Waals surface area contributed by atoms with Gasteiger partial charge < -0.3 is 10.6 Å². The van der Waals surface area contributed by atoms with Crippen LogP contribution in [-0.4, -0.2) is 6.54 Å².